The maximum absolute atomic E-state index is 5.70. The number of aryl methyl sites for hydroxylation is 1. The topological polar surface area (TPSA) is 26.0 Å². The molecule has 0 amide bonds. The molecular weight excluding hydrogens is 202 g/mol. The molecule has 1 aromatic heterocycles. The summed E-state index contributed by atoms with van der Waals surface area (Å²) < 4.78 is 0. The van der Waals surface area contributed by atoms with Crippen molar-refractivity contribution in [3.05, 3.63) is 57.3 Å². The first-order valence-corrected chi connectivity index (χ1v) is 5.99. The lowest BCUT2D eigenvalue weighted by molar-refractivity contribution is 1.05. The minimum atomic E-state index is 0.652. The molecule has 0 fully saturated rings. The van der Waals surface area contributed by atoms with E-state index in [1.807, 2.05) is 0 Å². The fourth-order valence-electron chi connectivity index (χ4n) is 1.72. The van der Waals surface area contributed by atoms with E-state index >= 15 is 0 Å². The average Bonchev–Trinajstić information content (AvgIpc) is 2.69. The van der Waals surface area contributed by atoms with Crippen LogP contribution in [-0.4, -0.2) is 0 Å². The van der Waals surface area contributed by atoms with Crippen LogP contribution in [0.3, 0.4) is 0 Å². The summed E-state index contributed by atoms with van der Waals surface area (Å²) in [6.45, 7) is 2.81. The molecule has 1 aromatic carbocycles. The SMILES string of the molecule is Cc1ccccc1Cc1ccsc1CN. The number of rotatable bonds is 3. The average molecular weight is 217 g/mol. The van der Waals surface area contributed by atoms with Crippen LogP contribution in [0.15, 0.2) is 35.7 Å². The van der Waals surface area contributed by atoms with Crippen LogP contribution in [0.2, 0.25) is 0 Å². The largest absolute Gasteiger partial charge is 0.326 e. The highest BCUT2D eigenvalue weighted by Gasteiger charge is 2.04. The zero-order valence-electron chi connectivity index (χ0n) is 8.86. The Kier molecular flexibility index (Phi) is 3.19. The van der Waals surface area contributed by atoms with E-state index in [-0.39, 0.29) is 0 Å². The maximum Gasteiger partial charge on any atom is 0.0276 e. The molecule has 0 bridgehead atoms. The normalized spacial score (nSPS) is 10.5. The Morgan fingerprint density at radius 1 is 1.13 bits per heavy atom. The summed E-state index contributed by atoms with van der Waals surface area (Å²) in [4.78, 5) is 1.30. The molecule has 0 aliphatic rings. The summed E-state index contributed by atoms with van der Waals surface area (Å²) in [5.74, 6) is 0. The van der Waals surface area contributed by atoms with E-state index in [0.29, 0.717) is 6.54 Å². The van der Waals surface area contributed by atoms with E-state index < -0.39 is 0 Å². The van der Waals surface area contributed by atoms with Gasteiger partial charge in [-0.15, -0.1) is 11.3 Å². The molecule has 0 spiro atoms. The predicted molar refractivity (Wildman–Crippen MR) is 66.2 cm³/mol. The zero-order valence-corrected chi connectivity index (χ0v) is 9.68. The van der Waals surface area contributed by atoms with Gasteiger partial charge in [0, 0.05) is 11.4 Å². The van der Waals surface area contributed by atoms with Gasteiger partial charge in [0.2, 0.25) is 0 Å². The van der Waals surface area contributed by atoms with Crippen molar-refractivity contribution in [2.75, 3.05) is 0 Å². The second-order valence-corrected chi connectivity index (χ2v) is 4.68. The summed E-state index contributed by atoms with van der Waals surface area (Å²) in [5, 5.41) is 2.12. The quantitative estimate of drug-likeness (QED) is 0.840. The van der Waals surface area contributed by atoms with Gasteiger partial charge >= 0.3 is 0 Å². The van der Waals surface area contributed by atoms with Crippen LogP contribution in [0.1, 0.15) is 21.6 Å². The number of thiophene rings is 1. The van der Waals surface area contributed by atoms with Crippen LogP contribution < -0.4 is 5.73 Å². The molecule has 2 N–H and O–H groups in total. The van der Waals surface area contributed by atoms with Crippen molar-refractivity contribution in [1.29, 1.82) is 0 Å². The lowest BCUT2D eigenvalue weighted by atomic mass is 10.0. The second kappa shape index (κ2) is 4.60. The molecule has 2 heteroatoms. The molecule has 0 unspecified atom stereocenters. The third-order valence-corrected chi connectivity index (χ3v) is 3.65. The Hall–Kier alpha value is -1.12. The smallest absolute Gasteiger partial charge is 0.0276 e. The number of hydrogen-bond donors (Lipinski definition) is 1. The van der Waals surface area contributed by atoms with Crippen molar-refractivity contribution in [1.82, 2.24) is 0 Å². The standard InChI is InChI=1S/C13H15NS/c1-10-4-2-3-5-11(10)8-12-6-7-15-13(12)9-14/h2-7H,8-9,14H2,1H3. The summed E-state index contributed by atoms with van der Waals surface area (Å²) in [6.07, 6.45) is 1.00. The number of hydrogen-bond acceptors (Lipinski definition) is 2. The van der Waals surface area contributed by atoms with Crippen molar-refractivity contribution in [3.8, 4) is 0 Å². The van der Waals surface area contributed by atoms with Crippen molar-refractivity contribution < 1.29 is 0 Å². The fourth-order valence-corrected chi connectivity index (χ4v) is 2.50. The molecule has 15 heavy (non-hydrogen) atoms. The predicted octanol–water partition coefficient (Wildman–Crippen LogP) is 3.11. The first-order valence-electron chi connectivity index (χ1n) is 5.11. The van der Waals surface area contributed by atoms with Gasteiger partial charge in [-0.25, -0.2) is 0 Å². The van der Waals surface area contributed by atoms with Crippen molar-refractivity contribution >= 4 is 11.3 Å². The molecule has 0 saturated carbocycles. The summed E-state index contributed by atoms with van der Waals surface area (Å²) in [7, 11) is 0. The molecule has 0 radical (unpaired) electrons. The van der Waals surface area contributed by atoms with E-state index in [1.54, 1.807) is 11.3 Å². The summed E-state index contributed by atoms with van der Waals surface area (Å²) >= 11 is 1.75. The Balaban J connectivity index is 2.26. The Morgan fingerprint density at radius 3 is 2.67 bits per heavy atom. The Labute approximate surface area is 94.6 Å². The van der Waals surface area contributed by atoms with Gasteiger partial charge in [-0.05, 0) is 41.5 Å². The van der Waals surface area contributed by atoms with Gasteiger partial charge in [-0.3, -0.25) is 0 Å². The van der Waals surface area contributed by atoms with Gasteiger partial charge < -0.3 is 5.73 Å². The minimum absolute atomic E-state index is 0.652. The third kappa shape index (κ3) is 2.28. The van der Waals surface area contributed by atoms with Crippen LogP contribution in [0.25, 0.3) is 0 Å². The molecule has 2 aromatic rings. The van der Waals surface area contributed by atoms with Gasteiger partial charge in [-0.2, -0.15) is 0 Å². The van der Waals surface area contributed by atoms with Gasteiger partial charge in [0.1, 0.15) is 0 Å². The van der Waals surface area contributed by atoms with Gasteiger partial charge in [-0.1, -0.05) is 24.3 Å². The molecule has 0 aliphatic carbocycles. The van der Waals surface area contributed by atoms with Crippen molar-refractivity contribution in [2.45, 2.75) is 19.9 Å². The number of nitrogens with two attached hydrogens (primary N) is 1. The maximum atomic E-state index is 5.70. The molecule has 0 atom stereocenters. The molecule has 0 saturated heterocycles. The highest BCUT2D eigenvalue weighted by atomic mass is 32.1. The lowest BCUT2D eigenvalue weighted by Crippen LogP contribution is -1.98. The van der Waals surface area contributed by atoms with E-state index in [9.17, 15) is 0 Å². The first kappa shape index (κ1) is 10.4. The second-order valence-electron chi connectivity index (χ2n) is 3.68. The Morgan fingerprint density at radius 2 is 1.93 bits per heavy atom. The molecule has 0 aliphatic heterocycles. The van der Waals surface area contributed by atoms with Crippen molar-refractivity contribution in [3.63, 3.8) is 0 Å². The van der Waals surface area contributed by atoms with E-state index in [0.717, 1.165) is 6.42 Å². The monoisotopic (exact) mass is 217 g/mol. The van der Waals surface area contributed by atoms with Crippen LogP contribution in [-0.2, 0) is 13.0 Å². The van der Waals surface area contributed by atoms with Gasteiger partial charge in [0.15, 0.2) is 0 Å². The number of benzene rings is 1. The Bertz CT molecular complexity index is 445. The van der Waals surface area contributed by atoms with Gasteiger partial charge in [0.05, 0.1) is 0 Å². The van der Waals surface area contributed by atoms with E-state index in [4.69, 9.17) is 5.73 Å². The fraction of sp³-hybridized carbons (Fsp3) is 0.231. The zero-order chi connectivity index (χ0) is 10.7. The molecule has 1 heterocycles. The van der Waals surface area contributed by atoms with Crippen LogP contribution >= 0.6 is 11.3 Å². The van der Waals surface area contributed by atoms with Crippen LogP contribution in [0.4, 0.5) is 0 Å². The molecule has 78 valence electrons. The minimum Gasteiger partial charge on any atom is -0.326 e. The first-order chi connectivity index (χ1) is 7.31. The highest BCUT2D eigenvalue weighted by molar-refractivity contribution is 7.10. The lowest BCUT2D eigenvalue weighted by Gasteiger charge is -2.05. The highest BCUT2D eigenvalue weighted by Crippen LogP contribution is 2.21. The van der Waals surface area contributed by atoms with Crippen LogP contribution in [0.5, 0.6) is 0 Å². The van der Waals surface area contributed by atoms with Crippen molar-refractivity contribution in [2.24, 2.45) is 5.73 Å². The third-order valence-electron chi connectivity index (χ3n) is 2.67. The van der Waals surface area contributed by atoms with E-state index in [1.165, 1.54) is 21.6 Å². The summed E-state index contributed by atoms with van der Waals surface area (Å²) in [6, 6.07) is 10.7. The van der Waals surface area contributed by atoms with Gasteiger partial charge in [0.25, 0.3) is 0 Å². The summed E-state index contributed by atoms with van der Waals surface area (Å²) in [5.41, 5.74) is 9.82. The molecule has 1 nitrogen and oxygen atoms in total. The molecule has 2 rings (SSSR count). The van der Waals surface area contributed by atoms with Crippen LogP contribution in [0, 0.1) is 6.92 Å². The molecular formula is C13H15NS. The van der Waals surface area contributed by atoms with E-state index in [2.05, 4.69) is 42.6 Å².